The van der Waals surface area contributed by atoms with Crippen molar-refractivity contribution in [2.24, 2.45) is 5.73 Å². The molecular formula is C15H19BrN2OS. The maximum absolute atomic E-state index is 6.11. The van der Waals surface area contributed by atoms with E-state index in [2.05, 4.69) is 45.4 Å². The van der Waals surface area contributed by atoms with E-state index in [4.69, 9.17) is 10.5 Å². The lowest BCUT2D eigenvalue weighted by Crippen LogP contribution is -2.20. The second-order valence-electron chi connectivity index (χ2n) is 4.80. The molecule has 0 spiro atoms. The maximum Gasteiger partial charge on any atom is 0.125 e. The van der Waals surface area contributed by atoms with Crippen molar-refractivity contribution in [1.29, 1.82) is 0 Å². The summed E-state index contributed by atoms with van der Waals surface area (Å²) in [6.07, 6.45) is 0. The minimum Gasteiger partial charge on any atom is -0.496 e. The summed E-state index contributed by atoms with van der Waals surface area (Å²) >= 11 is 5.20. The Balaban J connectivity index is 2.31. The minimum absolute atomic E-state index is 0.0715. The van der Waals surface area contributed by atoms with Crippen LogP contribution in [0.3, 0.4) is 0 Å². The third-order valence-corrected chi connectivity index (χ3v) is 4.72. The van der Waals surface area contributed by atoms with Gasteiger partial charge in [0.25, 0.3) is 0 Å². The first-order valence-electron chi connectivity index (χ1n) is 6.39. The summed E-state index contributed by atoms with van der Waals surface area (Å²) in [5.41, 5.74) is 9.56. The van der Waals surface area contributed by atoms with Gasteiger partial charge in [0.2, 0.25) is 0 Å². The van der Waals surface area contributed by atoms with E-state index in [1.807, 2.05) is 19.1 Å². The summed E-state index contributed by atoms with van der Waals surface area (Å²) in [6.45, 7) is 2.82. The Bertz CT molecular complexity index is 583. The fraction of sp³-hybridized carbons (Fsp3) is 0.333. The van der Waals surface area contributed by atoms with Gasteiger partial charge in [-0.3, -0.25) is 0 Å². The SMILES string of the molecule is COc1cccc(N(C)Cc2csc(Br)c2)c1[C@@H](C)N. The predicted octanol–water partition coefficient (Wildman–Crippen LogP) is 4.18. The number of methoxy groups -OCH3 is 1. The molecule has 1 aromatic carbocycles. The van der Waals surface area contributed by atoms with Crippen molar-refractivity contribution in [2.75, 3.05) is 19.1 Å². The molecule has 3 nitrogen and oxygen atoms in total. The van der Waals surface area contributed by atoms with E-state index in [-0.39, 0.29) is 6.04 Å². The Hall–Kier alpha value is -1.04. The molecule has 0 radical (unpaired) electrons. The fourth-order valence-corrected chi connectivity index (χ4v) is 3.49. The smallest absolute Gasteiger partial charge is 0.125 e. The Morgan fingerprint density at radius 1 is 1.45 bits per heavy atom. The van der Waals surface area contributed by atoms with Gasteiger partial charge < -0.3 is 15.4 Å². The zero-order valence-electron chi connectivity index (χ0n) is 11.9. The standard InChI is InChI=1S/C15H19BrN2OS/c1-10(17)15-12(5-4-6-13(15)19-3)18(2)8-11-7-14(16)20-9-11/h4-7,9-10H,8,17H2,1-3H3/t10-/m1/s1. The number of nitrogens with two attached hydrogens (primary N) is 1. The molecule has 2 rings (SSSR count). The molecule has 1 aromatic heterocycles. The monoisotopic (exact) mass is 354 g/mol. The van der Waals surface area contributed by atoms with Crippen LogP contribution in [0.25, 0.3) is 0 Å². The molecule has 0 unspecified atom stereocenters. The first kappa shape index (κ1) is 15.4. The lowest BCUT2D eigenvalue weighted by molar-refractivity contribution is 0.407. The van der Waals surface area contributed by atoms with Crippen LogP contribution < -0.4 is 15.4 Å². The number of hydrogen-bond acceptors (Lipinski definition) is 4. The summed E-state index contributed by atoms with van der Waals surface area (Å²) in [6, 6.07) is 8.12. The largest absolute Gasteiger partial charge is 0.496 e. The molecule has 2 N–H and O–H groups in total. The number of thiophene rings is 1. The summed E-state index contributed by atoms with van der Waals surface area (Å²) in [4.78, 5) is 2.20. The number of anilines is 1. The molecule has 0 fully saturated rings. The first-order chi connectivity index (χ1) is 9.52. The quantitative estimate of drug-likeness (QED) is 0.875. The lowest BCUT2D eigenvalue weighted by Gasteiger charge is -2.25. The third-order valence-electron chi connectivity index (χ3n) is 3.17. The van der Waals surface area contributed by atoms with Crippen LogP contribution >= 0.6 is 27.3 Å². The molecule has 0 saturated heterocycles. The number of halogens is 1. The van der Waals surface area contributed by atoms with Crippen molar-refractivity contribution >= 4 is 33.0 Å². The summed E-state index contributed by atoms with van der Waals surface area (Å²) in [7, 11) is 3.76. The Labute approximate surface area is 132 Å². The molecule has 108 valence electrons. The van der Waals surface area contributed by atoms with Crippen LogP contribution in [0.5, 0.6) is 5.75 Å². The van der Waals surface area contributed by atoms with Crippen LogP contribution in [0.15, 0.2) is 33.4 Å². The molecule has 0 aliphatic rings. The van der Waals surface area contributed by atoms with E-state index in [1.165, 1.54) is 5.56 Å². The summed E-state index contributed by atoms with van der Waals surface area (Å²) < 4.78 is 6.59. The van der Waals surface area contributed by atoms with Gasteiger partial charge >= 0.3 is 0 Å². The van der Waals surface area contributed by atoms with Gasteiger partial charge in [0, 0.05) is 30.9 Å². The van der Waals surface area contributed by atoms with Crippen LogP contribution in [-0.2, 0) is 6.54 Å². The van der Waals surface area contributed by atoms with Crippen molar-refractivity contribution in [3.8, 4) is 5.75 Å². The predicted molar refractivity (Wildman–Crippen MR) is 89.7 cm³/mol. The number of benzene rings is 1. The summed E-state index contributed by atoms with van der Waals surface area (Å²) in [5.74, 6) is 0.843. The molecule has 0 aliphatic heterocycles. The van der Waals surface area contributed by atoms with Crippen LogP contribution in [0.2, 0.25) is 0 Å². The van der Waals surface area contributed by atoms with E-state index in [0.717, 1.165) is 27.3 Å². The van der Waals surface area contributed by atoms with Gasteiger partial charge in [0.1, 0.15) is 5.75 Å². The second-order valence-corrected chi connectivity index (χ2v) is 7.09. The normalized spacial score (nSPS) is 12.2. The zero-order valence-corrected chi connectivity index (χ0v) is 14.3. The highest BCUT2D eigenvalue weighted by Crippen LogP contribution is 2.34. The van der Waals surface area contributed by atoms with Gasteiger partial charge in [-0.1, -0.05) is 6.07 Å². The van der Waals surface area contributed by atoms with E-state index < -0.39 is 0 Å². The number of nitrogens with zero attached hydrogens (tertiary/aromatic N) is 1. The molecule has 0 bridgehead atoms. The van der Waals surface area contributed by atoms with Crippen LogP contribution in [0.1, 0.15) is 24.1 Å². The molecule has 1 atom stereocenters. The van der Waals surface area contributed by atoms with E-state index in [9.17, 15) is 0 Å². The van der Waals surface area contributed by atoms with Crippen molar-refractivity contribution in [1.82, 2.24) is 0 Å². The van der Waals surface area contributed by atoms with Crippen LogP contribution in [0.4, 0.5) is 5.69 Å². The second kappa shape index (κ2) is 6.61. The molecular weight excluding hydrogens is 336 g/mol. The van der Waals surface area contributed by atoms with Gasteiger partial charge in [-0.15, -0.1) is 11.3 Å². The summed E-state index contributed by atoms with van der Waals surface area (Å²) in [5, 5.41) is 2.16. The van der Waals surface area contributed by atoms with Gasteiger partial charge in [-0.2, -0.15) is 0 Å². The van der Waals surface area contributed by atoms with Crippen LogP contribution in [-0.4, -0.2) is 14.2 Å². The van der Waals surface area contributed by atoms with E-state index in [1.54, 1.807) is 18.4 Å². The van der Waals surface area contributed by atoms with Gasteiger partial charge in [-0.25, -0.2) is 0 Å². The lowest BCUT2D eigenvalue weighted by atomic mass is 10.0. The molecule has 0 saturated carbocycles. The van der Waals surface area contributed by atoms with Gasteiger partial charge in [-0.05, 0) is 52.0 Å². The highest BCUT2D eigenvalue weighted by Gasteiger charge is 2.16. The van der Waals surface area contributed by atoms with E-state index in [0.29, 0.717) is 0 Å². The fourth-order valence-electron chi connectivity index (χ4n) is 2.29. The highest BCUT2D eigenvalue weighted by molar-refractivity contribution is 9.11. The zero-order chi connectivity index (χ0) is 14.7. The Morgan fingerprint density at radius 2 is 2.20 bits per heavy atom. The van der Waals surface area contributed by atoms with Gasteiger partial charge in [0.05, 0.1) is 10.9 Å². The average molecular weight is 355 g/mol. The molecule has 0 amide bonds. The molecule has 2 aromatic rings. The topological polar surface area (TPSA) is 38.5 Å². The number of rotatable bonds is 5. The van der Waals surface area contributed by atoms with Crippen molar-refractivity contribution in [3.05, 3.63) is 44.6 Å². The molecule has 5 heteroatoms. The number of ether oxygens (including phenoxy) is 1. The molecule has 20 heavy (non-hydrogen) atoms. The van der Waals surface area contributed by atoms with Crippen LogP contribution in [0, 0.1) is 0 Å². The number of hydrogen-bond donors (Lipinski definition) is 1. The van der Waals surface area contributed by atoms with Crippen molar-refractivity contribution in [3.63, 3.8) is 0 Å². The molecule has 0 aliphatic carbocycles. The Morgan fingerprint density at radius 3 is 2.75 bits per heavy atom. The first-order valence-corrected chi connectivity index (χ1v) is 8.06. The molecule has 1 heterocycles. The van der Waals surface area contributed by atoms with Gasteiger partial charge in [0.15, 0.2) is 0 Å². The Kier molecular flexibility index (Phi) is 5.07. The maximum atomic E-state index is 6.11. The minimum atomic E-state index is -0.0715. The van der Waals surface area contributed by atoms with Crippen molar-refractivity contribution in [2.45, 2.75) is 19.5 Å². The highest BCUT2D eigenvalue weighted by atomic mass is 79.9. The average Bonchev–Trinajstić information content (AvgIpc) is 2.82. The van der Waals surface area contributed by atoms with Crippen molar-refractivity contribution < 1.29 is 4.74 Å². The van der Waals surface area contributed by atoms with E-state index >= 15 is 0 Å². The third kappa shape index (κ3) is 3.34.